The van der Waals surface area contributed by atoms with E-state index in [2.05, 4.69) is 0 Å². The first kappa shape index (κ1) is 34.8. The molecule has 0 unspecified atom stereocenters. The normalized spacial score (nSPS) is 45.8. The van der Waals surface area contributed by atoms with Crippen molar-refractivity contribution >= 4 is 35.7 Å². The van der Waals surface area contributed by atoms with Crippen molar-refractivity contribution in [3.63, 3.8) is 0 Å². The molecule has 13 heteroatoms. The van der Waals surface area contributed by atoms with Crippen molar-refractivity contribution < 1.29 is 53.1 Å². The van der Waals surface area contributed by atoms with E-state index in [1.807, 2.05) is 0 Å². The van der Waals surface area contributed by atoms with Gasteiger partial charge in [-0.1, -0.05) is 32.9 Å². The molecule has 7 bridgehead atoms. The van der Waals surface area contributed by atoms with Crippen LogP contribution in [-0.2, 0) is 38.1 Å². The van der Waals surface area contributed by atoms with Crippen LogP contribution in [0.3, 0.4) is 0 Å². The van der Waals surface area contributed by atoms with Crippen LogP contribution in [0.25, 0.3) is 0 Å². The lowest BCUT2D eigenvalue weighted by molar-refractivity contribution is -0.293. The summed E-state index contributed by atoms with van der Waals surface area (Å²) in [5, 5.41) is 26.3. The van der Waals surface area contributed by atoms with Gasteiger partial charge in [-0.05, 0) is 37.3 Å². The highest BCUT2D eigenvalue weighted by atomic mass is 16.6. The van der Waals surface area contributed by atoms with Crippen molar-refractivity contribution in [2.75, 3.05) is 32.8 Å². The van der Waals surface area contributed by atoms with Gasteiger partial charge in [-0.25, -0.2) is 9.69 Å². The molecule has 0 aromatic heterocycles. The number of benzene rings is 1. The average Bonchev–Trinajstić information content (AvgIpc) is 3.61. The average molecular weight is 709 g/mol. The summed E-state index contributed by atoms with van der Waals surface area (Å²) in [4.78, 5) is 59.1. The Morgan fingerprint density at radius 1 is 1.08 bits per heavy atom. The summed E-state index contributed by atoms with van der Waals surface area (Å²) in [6, 6.07) is 5.61. The third-order valence-electron chi connectivity index (χ3n) is 14.1. The van der Waals surface area contributed by atoms with Gasteiger partial charge in [0.15, 0.2) is 0 Å². The highest BCUT2D eigenvalue weighted by Gasteiger charge is 2.91. The van der Waals surface area contributed by atoms with Crippen molar-refractivity contribution in [2.24, 2.45) is 51.3 Å². The number of methoxy groups -OCH3 is 3. The molecule has 51 heavy (non-hydrogen) atoms. The third kappa shape index (κ3) is 4.18. The summed E-state index contributed by atoms with van der Waals surface area (Å²) in [7, 11) is 4.75. The maximum atomic E-state index is 14.0. The number of aliphatic hydroxyl groups is 2. The van der Waals surface area contributed by atoms with Crippen LogP contribution in [0, 0.1) is 46.3 Å². The molecule has 2 N–H and O–H groups in total. The Bertz CT molecular complexity index is 1700. The number of hydrogen-bond acceptors (Lipinski definition) is 12. The molecular weight excluding hydrogens is 660 g/mol. The number of amides is 2. The van der Waals surface area contributed by atoms with Crippen molar-refractivity contribution in [1.29, 1.82) is 0 Å². The second-order valence-corrected chi connectivity index (χ2v) is 16.4. The lowest BCUT2D eigenvalue weighted by atomic mass is 9.44. The van der Waals surface area contributed by atoms with Gasteiger partial charge in [0.05, 0.1) is 41.5 Å². The van der Waals surface area contributed by atoms with Crippen molar-refractivity contribution in [1.82, 2.24) is 0 Å². The van der Waals surface area contributed by atoms with Crippen LogP contribution in [0.4, 0.5) is 5.69 Å². The van der Waals surface area contributed by atoms with Crippen molar-refractivity contribution in [2.45, 2.75) is 94.5 Å². The zero-order chi connectivity index (χ0) is 36.4. The quantitative estimate of drug-likeness (QED) is 0.285. The van der Waals surface area contributed by atoms with Gasteiger partial charge in [-0.15, -0.1) is 0 Å². The Morgan fingerprint density at radius 3 is 2.47 bits per heavy atom. The van der Waals surface area contributed by atoms with Gasteiger partial charge in [0.2, 0.25) is 11.8 Å². The van der Waals surface area contributed by atoms with E-state index in [4.69, 9.17) is 28.7 Å². The van der Waals surface area contributed by atoms with Crippen LogP contribution in [0.2, 0.25) is 0 Å². The topological polar surface area (TPSA) is 170 Å². The molecule has 5 aliphatic carbocycles. The predicted molar refractivity (Wildman–Crippen MR) is 180 cm³/mol. The zero-order valence-corrected chi connectivity index (χ0v) is 29.9. The zero-order valence-electron chi connectivity index (χ0n) is 29.9. The van der Waals surface area contributed by atoms with Crippen molar-refractivity contribution in [3.05, 3.63) is 29.8 Å². The molecule has 2 amide bonds. The summed E-state index contributed by atoms with van der Waals surface area (Å²) in [5.74, 6) is -4.39. The fraction of sp³-hybridized carbons (Fsp3) is 0.711. The van der Waals surface area contributed by atoms with E-state index in [9.17, 15) is 29.4 Å². The van der Waals surface area contributed by atoms with Gasteiger partial charge in [0.25, 0.3) is 0 Å². The first-order valence-corrected chi connectivity index (χ1v) is 18.2. The van der Waals surface area contributed by atoms with E-state index in [0.29, 0.717) is 19.3 Å². The van der Waals surface area contributed by atoms with Crippen LogP contribution in [-0.4, -0.2) is 110 Å². The second kappa shape index (κ2) is 11.6. The van der Waals surface area contributed by atoms with Crippen LogP contribution < -0.4 is 4.90 Å². The van der Waals surface area contributed by atoms with E-state index < -0.39 is 82.1 Å². The summed E-state index contributed by atoms with van der Waals surface area (Å²) in [6.45, 7) is 5.09. The molecule has 2 aliphatic heterocycles. The largest absolute Gasteiger partial charge is 0.461 e. The number of esters is 2. The predicted octanol–water partition coefficient (Wildman–Crippen LogP) is 2.34. The number of fused-ring (bicyclic) bond motifs is 2. The maximum absolute atomic E-state index is 14.0. The van der Waals surface area contributed by atoms with Crippen LogP contribution >= 0.6 is 0 Å². The summed E-state index contributed by atoms with van der Waals surface area (Å²) >= 11 is 0. The fourth-order valence-electron chi connectivity index (χ4n) is 12.2. The van der Waals surface area contributed by atoms with E-state index >= 15 is 0 Å². The van der Waals surface area contributed by atoms with E-state index in [0.717, 1.165) is 4.90 Å². The number of hydrogen-bond donors (Lipinski definition) is 2. The lowest BCUT2D eigenvalue weighted by Gasteiger charge is -2.65. The molecule has 1 spiro atoms. The smallest absolute Gasteiger partial charge is 0.340 e. The van der Waals surface area contributed by atoms with E-state index in [1.54, 1.807) is 59.4 Å². The van der Waals surface area contributed by atoms with Gasteiger partial charge in [-0.3, -0.25) is 19.4 Å². The maximum Gasteiger partial charge on any atom is 0.340 e. The number of carbonyl (C=O) groups excluding carboxylic acids is 4. The second-order valence-electron chi connectivity index (χ2n) is 16.4. The standard InChI is InChI=1S/C38H48N2O11/c1-18(2)32(43)51-28-21-14-22-27(28)36(45,15-24(21)47-4)38(46)30(49-6)29-35(12-11-25(48-5)37(22,29)34(38)39-16-35)17-50-33(44)20-9-7-8-10-23(20)40-26(41)13-19(3)31(40)42/h7-10,16,18-19,21-22,24-25,27-30,34,45-46H,11-15,17H2,1-6H3/t19-,21+,22+,24-,25-,27-,28-,29+,30-,34-,35-,36+,37-,38+/m0/s1. The van der Waals surface area contributed by atoms with Crippen LogP contribution in [0.15, 0.2) is 29.3 Å². The van der Waals surface area contributed by atoms with Gasteiger partial charge in [-0.2, -0.15) is 0 Å². The first-order valence-electron chi connectivity index (χ1n) is 18.2. The molecule has 6 fully saturated rings. The molecule has 1 aromatic rings. The van der Waals surface area contributed by atoms with Crippen molar-refractivity contribution in [3.8, 4) is 0 Å². The molecule has 2 heterocycles. The number of imide groups is 1. The monoisotopic (exact) mass is 708 g/mol. The highest BCUT2D eigenvalue weighted by Crippen LogP contribution is 2.79. The van der Waals surface area contributed by atoms with E-state index in [1.165, 1.54) is 13.2 Å². The number of aliphatic imine (C=N–C) groups is 1. The summed E-state index contributed by atoms with van der Waals surface area (Å²) in [5.41, 5.74) is -5.25. The third-order valence-corrected chi connectivity index (χ3v) is 14.1. The van der Waals surface area contributed by atoms with Gasteiger partial charge < -0.3 is 33.9 Å². The molecular formula is C38H48N2O11. The Labute approximate surface area is 297 Å². The minimum Gasteiger partial charge on any atom is -0.461 e. The summed E-state index contributed by atoms with van der Waals surface area (Å²) in [6.07, 6.45) is 1.01. The van der Waals surface area contributed by atoms with Gasteiger partial charge in [0.1, 0.15) is 23.9 Å². The highest BCUT2D eigenvalue weighted by molar-refractivity contribution is 6.22. The molecule has 13 nitrogen and oxygen atoms in total. The van der Waals surface area contributed by atoms with Crippen LogP contribution in [0.1, 0.15) is 63.2 Å². The number of ether oxygens (including phenoxy) is 5. The Hall–Kier alpha value is -3.23. The summed E-state index contributed by atoms with van der Waals surface area (Å²) < 4.78 is 31.0. The number of carbonyl (C=O) groups is 4. The molecule has 8 rings (SSSR count). The minimum absolute atomic E-state index is 0.0622. The van der Waals surface area contributed by atoms with Crippen LogP contribution in [0.5, 0.6) is 0 Å². The molecule has 5 saturated carbocycles. The Balaban J connectivity index is 1.20. The number of anilines is 1. The number of para-hydroxylation sites is 1. The molecule has 276 valence electrons. The molecule has 14 atom stereocenters. The molecule has 7 aliphatic rings. The number of rotatable bonds is 9. The molecule has 1 aromatic carbocycles. The SMILES string of the molecule is CO[C@H]1C[C@@]2(O)[C@@H]3[C@@H](OC(=O)C(C)C)[C@@H]1C[C@H]3[C@@]13[C@@H](OC)CC[C@@]4(COC(=O)c5ccccc5N5C(=O)C[C@H](C)C5=O)C=N[C@@H]1[C@]2(O)[C@@H](OC)[C@H]43. The molecule has 1 saturated heterocycles. The van der Waals surface area contributed by atoms with Gasteiger partial charge >= 0.3 is 11.9 Å². The Morgan fingerprint density at radius 2 is 1.82 bits per heavy atom. The first-order chi connectivity index (χ1) is 24.3. The lowest BCUT2D eigenvalue weighted by Crippen LogP contribution is -2.77. The number of nitrogens with zero attached hydrogens (tertiary/aromatic N) is 2. The minimum atomic E-state index is -1.93. The fourth-order valence-corrected chi connectivity index (χ4v) is 12.2. The Kier molecular flexibility index (Phi) is 7.95. The van der Waals surface area contributed by atoms with E-state index in [-0.39, 0.29) is 60.3 Å². The molecule has 0 radical (unpaired) electrons. The van der Waals surface area contributed by atoms with Gasteiger partial charge in [0, 0.05) is 74.9 Å².